The topological polar surface area (TPSA) is 33.7 Å². The van der Waals surface area contributed by atoms with Gasteiger partial charge in [0.2, 0.25) is 0 Å². The van der Waals surface area contributed by atoms with Gasteiger partial charge in [0.25, 0.3) is 0 Å². The van der Waals surface area contributed by atoms with Crippen molar-refractivity contribution in [3.05, 3.63) is 29.8 Å². The average molecular weight is 280 g/mol. The Balaban J connectivity index is 1.88. The molecule has 1 rings (SSSR count). The van der Waals surface area contributed by atoms with Crippen molar-refractivity contribution in [3.8, 4) is 5.75 Å². The van der Waals surface area contributed by atoms with Gasteiger partial charge >= 0.3 is 0 Å². The molecule has 0 bridgehead atoms. The number of nitrogens with zero attached hydrogens (tertiary/aromatic N) is 1. The van der Waals surface area contributed by atoms with Gasteiger partial charge in [0.15, 0.2) is 0 Å². The zero-order valence-electron chi connectivity index (χ0n) is 13.0. The molecule has 0 heterocycles. The first-order valence-electron chi connectivity index (χ1n) is 7.31. The zero-order valence-corrected chi connectivity index (χ0v) is 13.0. The molecule has 0 atom stereocenters. The molecule has 0 spiro atoms. The molecule has 0 radical (unpaired) electrons. The van der Waals surface area contributed by atoms with Gasteiger partial charge in [-0.05, 0) is 58.2 Å². The van der Waals surface area contributed by atoms with E-state index in [2.05, 4.69) is 37.3 Å². The van der Waals surface area contributed by atoms with Crippen LogP contribution in [0.15, 0.2) is 24.3 Å². The number of ether oxygens (including phenoxy) is 2. The molecule has 0 unspecified atom stereocenters. The summed E-state index contributed by atoms with van der Waals surface area (Å²) < 4.78 is 11.1. The summed E-state index contributed by atoms with van der Waals surface area (Å²) in [5.74, 6) is 0.912. The molecule has 4 nitrogen and oxygen atoms in total. The SMILES string of the molecule is Cc1cccc(OCCOCCNCCCN(C)C)c1. The van der Waals surface area contributed by atoms with E-state index in [4.69, 9.17) is 9.47 Å². The Kier molecular flexibility index (Phi) is 9.04. The number of rotatable bonds is 11. The highest BCUT2D eigenvalue weighted by atomic mass is 16.5. The zero-order chi connectivity index (χ0) is 14.6. The second-order valence-electron chi connectivity index (χ2n) is 5.18. The Morgan fingerprint density at radius 1 is 1.10 bits per heavy atom. The molecule has 0 aliphatic rings. The van der Waals surface area contributed by atoms with Crippen LogP contribution in [-0.2, 0) is 4.74 Å². The molecule has 4 heteroatoms. The Hall–Kier alpha value is -1.10. The third-order valence-corrected chi connectivity index (χ3v) is 2.87. The van der Waals surface area contributed by atoms with E-state index in [9.17, 15) is 0 Å². The van der Waals surface area contributed by atoms with Gasteiger partial charge in [0.1, 0.15) is 12.4 Å². The fourth-order valence-electron chi connectivity index (χ4n) is 1.82. The van der Waals surface area contributed by atoms with Gasteiger partial charge in [-0.25, -0.2) is 0 Å². The predicted octanol–water partition coefficient (Wildman–Crippen LogP) is 1.93. The van der Waals surface area contributed by atoms with Crippen molar-refractivity contribution in [2.75, 3.05) is 53.6 Å². The molecule has 0 aliphatic heterocycles. The quantitative estimate of drug-likeness (QED) is 0.628. The first kappa shape index (κ1) is 17.0. The van der Waals surface area contributed by atoms with Crippen LogP contribution < -0.4 is 10.1 Å². The summed E-state index contributed by atoms with van der Waals surface area (Å²) in [5, 5.41) is 3.36. The van der Waals surface area contributed by atoms with Gasteiger partial charge in [-0.2, -0.15) is 0 Å². The second-order valence-corrected chi connectivity index (χ2v) is 5.18. The maximum atomic E-state index is 5.61. The third kappa shape index (κ3) is 8.91. The molecular formula is C16H28N2O2. The Bertz CT molecular complexity index is 356. The van der Waals surface area contributed by atoms with Gasteiger partial charge in [-0.15, -0.1) is 0 Å². The van der Waals surface area contributed by atoms with Crippen molar-refractivity contribution in [2.24, 2.45) is 0 Å². The molecule has 1 aromatic rings. The van der Waals surface area contributed by atoms with Crippen LogP contribution in [0.3, 0.4) is 0 Å². The minimum absolute atomic E-state index is 0.601. The van der Waals surface area contributed by atoms with Crippen LogP contribution in [0.25, 0.3) is 0 Å². The van der Waals surface area contributed by atoms with Gasteiger partial charge in [-0.1, -0.05) is 12.1 Å². The van der Waals surface area contributed by atoms with E-state index in [-0.39, 0.29) is 0 Å². The van der Waals surface area contributed by atoms with E-state index < -0.39 is 0 Å². The minimum atomic E-state index is 0.601. The number of nitrogens with one attached hydrogen (secondary N) is 1. The maximum absolute atomic E-state index is 5.61. The molecule has 20 heavy (non-hydrogen) atoms. The molecule has 1 N–H and O–H groups in total. The summed E-state index contributed by atoms with van der Waals surface area (Å²) in [7, 11) is 4.19. The highest BCUT2D eigenvalue weighted by Gasteiger charge is 1.95. The fourth-order valence-corrected chi connectivity index (χ4v) is 1.82. The van der Waals surface area contributed by atoms with E-state index in [0.29, 0.717) is 13.2 Å². The summed E-state index contributed by atoms with van der Waals surface area (Å²) in [6.07, 6.45) is 1.17. The summed E-state index contributed by atoms with van der Waals surface area (Å²) in [6, 6.07) is 8.07. The summed E-state index contributed by atoms with van der Waals surface area (Å²) in [6.45, 7) is 7.10. The second kappa shape index (κ2) is 10.7. The fraction of sp³-hybridized carbons (Fsp3) is 0.625. The first-order valence-corrected chi connectivity index (χ1v) is 7.31. The number of hydrogen-bond acceptors (Lipinski definition) is 4. The van der Waals surface area contributed by atoms with Crippen LogP contribution in [0, 0.1) is 6.92 Å². The van der Waals surface area contributed by atoms with Gasteiger partial charge in [0, 0.05) is 6.54 Å². The maximum Gasteiger partial charge on any atom is 0.119 e. The lowest BCUT2D eigenvalue weighted by Gasteiger charge is -2.10. The number of aryl methyl sites for hydroxylation is 1. The molecule has 1 aromatic carbocycles. The molecule has 0 saturated heterocycles. The average Bonchev–Trinajstić information content (AvgIpc) is 2.40. The van der Waals surface area contributed by atoms with Crippen LogP contribution in [0.5, 0.6) is 5.75 Å². The lowest BCUT2D eigenvalue weighted by atomic mass is 10.2. The van der Waals surface area contributed by atoms with Crippen molar-refractivity contribution < 1.29 is 9.47 Å². The van der Waals surface area contributed by atoms with Crippen LogP contribution >= 0.6 is 0 Å². The van der Waals surface area contributed by atoms with Crippen molar-refractivity contribution >= 4 is 0 Å². The smallest absolute Gasteiger partial charge is 0.119 e. The van der Waals surface area contributed by atoms with Crippen molar-refractivity contribution in [1.29, 1.82) is 0 Å². The van der Waals surface area contributed by atoms with E-state index in [1.54, 1.807) is 0 Å². The molecule has 0 aliphatic carbocycles. The molecule has 0 aromatic heterocycles. The highest BCUT2D eigenvalue weighted by molar-refractivity contribution is 5.27. The largest absolute Gasteiger partial charge is 0.491 e. The van der Waals surface area contributed by atoms with E-state index >= 15 is 0 Å². The lowest BCUT2D eigenvalue weighted by Crippen LogP contribution is -2.24. The molecule has 114 valence electrons. The van der Waals surface area contributed by atoms with Gasteiger partial charge < -0.3 is 19.7 Å². The summed E-state index contributed by atoms with van der Waals surface area (Å²) in [4.78, 5) is 2.20. The van der Waals surface area contributed by atoms with E-state index in [1.165, 1.54) is 12.0 Å². The van der Waals surface area contributed by atoms with Gasteiger partial charge in [0.05, 0.1) is 13.2 Å². The number of hydrogen-bond donors (Lipinski definition) is 1. The predicted molar refractivity (Wildman–Crippen MR) is 83.5 cm³/mol. The van der Waals surface area contributed by atoms with E-state index in [1.807, 2.05) is 18.2 Å². The Labute approximate surface area is 123 Å². The minimum Gasteiger partial charge on any atom is -0.491 e. The van der Waals surface area contributed by atoms with Crippen molar-refractivity contribution in [1.82, 2.24) is 10.2 Å². The van der Waals surface area contributed by atoms with Crippen molar-refractivity contribution in [2.45, 2.75) is 13.3 Å². The normalized spacial score (nSPS) is 11.0. The van der Waals surface area contributed by atoms with Crippen LogP contribution in [0.2, 0.25) is 0 Å². The first-order chi connectivity index (χ1) is 9.68. The molecular weight excluding hydrogens is 252 g/mol. The lowest BCUT2D eigenvalue weighted by molar-refractivity contribution is 0.102. The Morgan fingerprint density at radius 2 is 1.95 bits per heavy atom. The molecule has 0 fully saturated rings. The summed E-state index contributed by atoms with van der Waals surface area (Å²) in [5.41, 5.74) is 1.21. The third-order valence-electron chi connectivity index (χ3n) is 2.87. The van der Waals surface area contributed by atoms with Crippen LogP contribution in [0.1, 0.15) is 12.0 Å². The molecule has 0 saturated carbocycles. The van der Waals surface area contributed by atoms with Gasteiger partial charge in [-0.3, -0.25) is 0 Å². The monoisotopic (exact) mass is 280 g/mol. The number of benzene rings is 1. The standard InChI is InChI=1S/C16H28N2O2/c1-15-6-4-7-16(14-15)20-13-12-19-11-9-17-8-5-10-18(2)3/h4,6-7,14,17H,5,8-13H2,1-3H3. The van der Waals surface area contributed by atoms with Crippen molar-refractivity contribution in [3.63, 3.8) is 0 Å². The van der Waals surface area contributed by atoms with E-state index in [0.717, 1.165) is 32.0 Å². The highest BCUT2D eigenvalue weighted by Crippen LogP contribution is 2.11. The van der Waals surface area contributed by atoms with Crippen LogP contribution in [0.4, 0.5) is 0 Å². The Morgan fingerprint density at radius 3 is 2.70 bits per heavy atom. The molecule has 0 amide bonds. The van der Waals surface area contributed by atoms with Crippen LogP contribution in [-0.4, -0.2) is 58.5 Å². The summed E-state index contributed by atoms with van der Waals surface area (Å²) >= 11 is 0.